The molecule has 0 radical (unpaired) electrons. The van der Waals surface area contributed by atoms with Gasteiger partial charge in [0.15, 0.2) is 11.6 Å². The molecule has 0 aliphatic carbocycles. The molecule has 0 unspecified atom stereocenters. The summed E-state index contributed by atoms with van der Waals surface area (Å²) in [6.45, 7) is 0. The largest absolute Gasteiger partial charge is 0.272 e. The van der Waals surface area contributed by atoms with Crippen LogP contribution in [-0.2, 0) is 0 Å². The van der Waals surface area contributed by atoms with Crippen molar-refractivity contribution in [3.05, 3.63) is 70.2 Å². The fraction of sp³-hybridized carbons (Fsp3) is 0. The Bertz CT molecular complexity index is 674. The van der Waals surface area contributed by atoms with E-state index in [1.165, 1.54) is 18.2 Å². The smallest absolute Gasteiger partial charge is 0.267 e. The maximum Gasteiger partial charge on any atom is 0.272 e. The van der Waals surface area contributed by atoms with Crippen LogP contribution in [0.3, 0.4) is 0 Å². The molecule has 2 rings (SSSR count). The molecule has 3 nitrogen and oxygen atoms in total. The van der Waals surface area contributed by atoms with Gasteiger partial charge in [0.05, 0.1) is 16.8 Å². The van der Waals surface area contributed by atoms with Gasteiger partial charge in [0.2, 0.25) is 0 Å². The van der Waals surface area contributed by atoms with Crippen LogP contribution < -0.4 is 5.43 Å². The first-order valence-electron chi connectivity index (χ1n) is 5.61. The number of halogens is 3. The second-order valence-corrected chi connectivity index (χ2v) is 4.23. The van der Waals surface area contributed by atoms with Gasteiger partial charge in [-0.25, -0.2) is 14.2 Å². The Hall–Kier alpha value is -2.27. The van der Waals surface area contributed by atoms with E-state index in [9.17, 15) is 13.6 Å². The van der Waals surface area contributed by atoms with Gasteiger partial charge in [0.1, 0.15) is 0 Å². The lowest BCUT2D eigenvalue weighted by Crippen LogP contribution is -2.18. The number of benzene rings is 2. The molecule has 0 aromatic heterocycles. The molecule has 0 spiro atoms. The monoisotopic (exact) mass is 294 g/mol. The van der Waals surface area contributed by atoms with Gasteiger partial charge >= 0.3 is 0 Å². The van der Waals surface area contributed by atoms with Crippen molar-refractivity contribution in [3.8, 4) is 0 Å². The zero-order chi connectivity index (χ0) is 14.5. The lowest BCUT2D eigenvalue weighted by Gasteiger charge is -2.02. The molecule has 0 bridgehead atoms. The van der Waals surface area contributed by atoms with E-state index in [-0.39, 0.29) is 16.1 Å². The van der Waals surface area contributed by atoms with Crippen molar-refractivity contribution in [3.63, 3.8) is 0 Å². The Morgan fingerprint density at radius 2 is 1.90 bits per heavy atom. The van der Waals surface area contributed by atoms with E-state index in [1.54, 1.807) is 18.2 Å². The minimum absolute atomic E-state index is 0.0653. The molecule has 1 amide bonds. The fourth-order valence-corrected chi connectivity index (χ4v) is 1.71. The molecule has 20 heavy (non-hydrogen) atoms. The second-order valence-electron chi connectivity index (χ2n) is 3.82. The summed E-state index contributed by atoms with van der Waals surface area (Å²) in [4.78, 5) is 11.7. The Kier molecular flexibility index (Phi) is 4.42. The number of rotatable bonds is 3. The van der Waals surface area contributed by atoms with E-state index in [2.05, 4.69) is 10.5 Å². The van der Waals surface area contributed by atoms with Crippen LogP contribution in [0.4, 0.5) is 8.78 Å². The third kappa shape index (κ3) is 3.19. The van der Waals surface area contributed by atoms with Crippen LogP contribution in [0.2, 0.25) is 5.02 Å². The molecule has 0 fully saturated rings. The van der Waals surface area contributed by atoms with Crippen molar-refractivity contribution < 1.29 is 13.6 Å². The van der Waals surface area contributed by atoms with Gasteiger partial charge in [-0.2, -0.15) is 5.10 Å². The van der Waals surface area contributed by atoms with Crippen LogP contribution in [0.15, 0.2) is 47.6 Å². The van der Waals surface area contributed by atoms with Crippen LogP contribution in [0.1, 0.15) is 15.9 Å². The molecule has 0 atom stereocenters. The average molecular weight is 295 g/mol. The van der Waals surface area contributed by atoms with Crippen LogP contribution in [-0.4, -0.2) is 12.1 Å². The lowest BCUT2D eigenvalue weighted by atomic mass is 10.2. The number of amides is 1. The van der Waals surface area contributed by atoms with Crippen LogP contribution in [0.25, 0.3) is 0 Å². The number of nitrogens with zero attached hydrogens (tertiary/aromatic N) is 1. The van der Waals surface area contributed by atoms with Crippen molar-refractivity contribution in [1.82, 2.24) is 5.43 Å². The molecule has 2 aromatic carbocycles. The predicted octanol–water partition coefficient (Wildman–Crippen LogP) is 3.38. The molecule has 2 aromatic rings. The van der Waals surface area contributed by atoms with Crippen LogP contribution in [0, 0.1) is 11.6 Å². The van der Waals surface area contributed by atoms with Gasteiger partial charge in [-0.3, -0.25) is 4.79 Å². The summed E-state index contributed by atoms with van der Waals surface area (Å²) in [5.74, 6) is -2.54. The predicted molar refractivity (Wildman–Crippen MR) is 72.9 cm³/mol. The Balaban J connectivity index is 2.09. The minimum Gasteiger partial charge on any atom is -0.267 e. The summed E-state index contributed by atoms with van der Waals surface area (Å²) < 4.78 is 26.3. The molecular weight excluding hydrogens is 286 g/mol. The first-order chi connectivity index (χ1) is 9.59. The van der Waals surface area contributed by atoms with E-state index < -0.39 is 17.5 Å². The molecule has 102 valence electrons. The highest BCUT2D eigenvalue weighted by Gasteiger charge is 2.08. The molecule has 0 aliphatic rings. The van der Waals surface area contributed by atoms with Gasteiger partial charge in [-0.05, 0) is 18.2 Å². The highest BCUT2D eigenvalue weighted by molar-refractivity contribution is 6.33. The number of hydrazone groups is 1. The Morgan fingerprint density at radius 1 is 1.15 bits per heavy atom. The first-order valence-corrected chi connectivity index (χ1v) is 5.99. The van der Waals surface area contributed by atoms with Crippen LogP contribution in [0.5, 0.6) is 0 Å². The van der Waals surface area contributed by atoms with E-state index in [0.29, 0.717) is 0 Å². The third-order valence-corrected chi connectivity index (χ3v) is 2.80. The van der Waals surface area contributed by atoms with Gasteiger partial charge in [0.25, 0.3) is 5.91 Å². The molecule has 0 heterocycles. The quantitative estimate of drug-likeness (QED) is 0.684. The Morgan fingerprint density at radius 3 is 2.65 bits per heavy atom. The maximum absolute atomic E-state index is 13.3. The molecule has 6 heteroatoms. The normalized spacial score (nSPS) is 10.8. The maximum atomic E-state index is 13.3. The number of nitrogens with one attached hydrogen (secondary N) is 1. The third-order valence-electron chi connectivity index (χ3n) is 2.47. The summed E-state index contributed by atoms with van der Waals surface area (Å²) in [7, 11) is 0. The fourth-order valence-electron chi connectivity index (χ4n) is 1.49. The summed E-state index contributed by atoms with van der Waals surface area (Å²) in [6.07, 6.45) is 1.02. The summed E-state index contributed by atoms with van der Waals surface area (Å²) in [6, 6.07) is 10.1. The van der Waals surface area contributed by atoms with Crippen molar-refractivity contribution >= 4 is 23.7 Å². The Labute approximate surface area is 118 Å². The topological polar surface area (TPSA) is 41.5 Å². The summed E-state index contributed by atoms with van der Waals surface area (Å²) >= 11 is 5.84. The van der Waals surface area contributed by atoms with Crippen molar-refractivity contribution in [2.75, 3.05) is 0 Å². The van der Waals surface area contributed by atoms with Crippen LogP contribution >= 0.6 is 11.6 Å². The standard InChI is InChI=1S/C14H9ClF2N2O/c15-11-6-2-1-5-10(11)14(20)19-18-8-9-4-3-7-12(16)13(9)17/h1-8H,(H,19,20). The van der Waals surface area contributed by atoms with Gasteiger partial charge in [-0.1, -0.05) is 35.9 Å². The number of carbonyl (C=O) groups excluding carboxylic acids is 1. The van der Waals surface area contributed by atoms with E-state index in [1.807, 2.05) is 0 Å². The highest BCUT2D eigenvalue weighted by atomic mass is 35.5. The van der Waals surface area contributed by atoms with Gasteiger partial charge in [0, 0.05) is 5.56 Å². The summed E-state index contributed by atoms with van der Waals surface area (Å²) in [5.41, 5.74) is 2.37. The number of carbonyl (C=O) groups is 1. The molecule has 1 N–H and O–H groups in total. The van der Waals surface area contributed by atoms with Crippen molar-refractivity contribution in [2.45, 2.75) is 0 Å². The van der Waals surface area contributed by atoms with E-state index >= 15 is 0 Å². The zero-order valence-corrected chi connectivity index (χ0v) is 10.9. The SMILES string of the molecule is O=C(NN=Cc1cccc(F)c1F)c1ccccc1Cl. The van der Waals surface area contributed by atoms with Gasteiger partial charge in [-0.15, -0.1) is 0 Å². The number of hydrogen-bond acceptors (Lipinski definition) is 2. The highest BCUT2D eigenvalue weighted by Crippen LogP contribution is 2.14. The number of hydrogen-bond donors (Lipinski definition) is 1. The minimum atomic E-state index is -1.02. The van der Waals surface area contributed by atoms with Crippen molar-refractivity contribution in [1.29, 1.82) is 0 Å². The zero-order valence-electron chi connectivity index (χ0n) is 10.1. The molecule has 0 aliphatic heterocycles. The second kappa shape index (κ2) is 6.25. The van der Waals surface area contributed by atoms with E-state index in [0.717, 1.165) is 12.3 Å². The average Bonchev–Trinajstić information content (AvgIpc) is 2.44. The lowest BCUT2D eigenvalue weighted by molar-refractivity contribution is 0.0955. The van der Waals surface area contributed by atoms with Crippen molar-refractivity contribution in [2.24, 2.45) is 5.10 Å². The summed E-state index contributed by atoms with van der Waals surface area (Å²) in [5, 5.41) is 3.85. The van der Waals surface area contributed by atoms with Gasteiger partial charge < -0.3 is 0 Å². The molecular formula is C14H9ClF2N2O. The molecule has 0 saturated carbocycles. The van der Waals surface area contributed by atoms with E-state index in [4.69, 9.17) is 11.6 Å². The molecule has 0 saturated heterocycles. The first kappa shape index (κ1) is 14.1.